The van der Waals surface area contributed by atoms with E-state index in [1.54, 1.807) is 6.21 Å². The number of ether oxygens (including phenoxy) is 1. The Labute approximate surface area is 143 Å². The van der Waals surface area contributed by atoms with E-state index in [1.165, 1.54) is 7.11 Å². The first kappa shape index (κ1) is 17.9. The molecule has 0 spiro atoms. The number of methoxy groups -OCH3 is 1. The molecular weight excluding hydrogens is 302 g/mol. The summed E-state index contributed by atoms with van der Waals surface area (Å²) < 4.78 is 6.84. The second-order valence-electron chi connectivity index (χ2n) is 5.78. The van der Waals surface area contributed by atoms with Crippen LogP contribution in [0, 0.1) is 0 Å². The molecule has 24 heavy (non-hydrogen) atoms. The van der Waals surface area contributed by atoms with Crippen molar-refractivity contribution in [2.24, 2.45) is 10.7 Å². The highest BCUT2D eigenvalue weighted by atomic mass is 16.5. The number of nitrogens with two attached hydrogens (primary N) is 1. The van der Waals surface area contributed by atoms with Gasteiger partial charge in [-0.1, -0.05) is 37.3 Å². The Morgan fingerprint density at radius 1 is 1.33 bits per heavy atom. The summed E-state index contributed by atoms with van der Waals surface area (Å²) in [5.74, 6) is -0.258. The molecule has 0 aliphatic rings. The number of aliphatic imine (C=N–C) groups is 1. The third-order valence-corrected chi connectivity index (χ3v) is 3.95. The predicted molar refractivity (Wildman–Crippen MR) is 96.4 cm³/mol. The van der Waals surface area contributed by atoms with Crippen LogP contribution in [0.15, 0.2) is 53.8 Å². The molecule has 2 aromatic rings. The lowest BCUT2D eigenvalue weighted by atomic mass is 10.1. The van der Waals surface area contributed by atoms with Crippen LogP contribution >= 0.6 is 0 Å². The van der Waals surface area contributed by atoms with E-state index < -0.39 is 6.04 Å². The first-order valence-electron chi connectivity index (χ1n) is 8.18. The minimum atomic E-state index is -0.391. The quantitative estimate of drug-likeness (QED) is 0.598. The standard InChI is InChI=1S/C19H25N3O2/c1-3-17(20)13-21-12-16-9-10-22(14-16)18(19(23)24-2)11-15-7-5-4-6-8-15/h4-10,12,14,17-18H,3,11,13,20H2,1-2H3. The average Bonchev–Trinajstić information content (AvgIpc) is 3.08. The normalized spacial score (nSPS) is 13.8. The second-order valence-corrected chi connectivity index (χ2v) is 5.78. The smallest absolute Gasteiger partial charge is 0.329 e. The van der Waals surface area contributed by atoms with E-state index in [0.717, 1.165) is 17.5 Å². The zero-order valence-corrected chi connectivity index (χ0v) is 14.3. The van der Waals surface area contributed by atoms with E-state index in [2.05, 4.69) is 4.99 Å². The summed E-state index contributed by atoms with van der Waals surface area (Å²) in [5.41, 5.74) is 7.89. The van der Waals surface area contributed by atoms with Gasteiger partial charge in [0.15, 0.2) is 0 Å². The van der Waals surface area contributed by atoms with Gasteiger partial charge in [0.05, 0.1) is 13.7 Å². The number of rotatable bonds is 8. The van der Waals surface area contributed by atoms with E-state index in [1.807, 2.05) is 60.3 Å². The summed E-state index contributed by atoms with van der Waals surface area (Å²) in [6.45, 7) is 2.65. The topological polar surface area (TPSA) is 69.6 Å². The van der Waals surface area contributed by atoms with Crippen LogP contribution < -0.4 is 5.73 Å². The molecule has 2 unspecified atom stereocenters. The van der Waals surface area contributed by atoms with Crippen LogP contribution in [0.2, 0.25) is 0 Å². The number of benzene rings is 1. The lowest BCUT2D eigenvalue weighted by Gasteiger charge is -2.16. The van der Waals surface area contributed by atoms with Gasteiger partial charge in [-0.3, -0.25) is 4.99 Å². The fourth-order valence-corrected chi connectivity index (χ4v) is 2.41. The van der Waals surface area contributed by atoms with Crippen molar-refractivity contribution in [3.63, 3.8) is 0 Å². The maximum absolute atomic E-state index is 12.2. The van der Waals surface area contributed by atoms with Crippen molar-refractivity contribution in [1.29, 1.82) is 0 Å². The Bertz CT molecular complexity index is 664. The lowest BCUT2D eigenvalue weighted by molar-refractivity contribution is -0.144. The van der Waals surface area contributed by atoms with Crippen molar-refractivity contribution in [2.75, 3.05) is 13.7 Å². The third-order valence-electron chi connectivity index (χ3n) is 3.95. The summed E-state index contributed by atoms with van der Waals surface area (Å²) in [6.07, 6.45) is 7.07. The van der Waals surface area contributed by atoms with E-state index >= 15 is 0 Å². The molecule has 1 aromatic carbocycles. The molecule has 0 fully saturated rings. The molecule has 0 radical (unpaired) electrons. The van der Waals surface area contributed by atoms with Crippen molar-refractivity contribution < 1.29 is 9.53 Å². The monoisotopic (exact) mass is 327 g/mol. The highest BCUT2D eigenvalue weighted by molar-refractivity contribution is 5.80. The molecule has 2 N–H and O–H groups in total. The number of esters is 1. The van der Waals surface area contributed by atoms with Crippen LogP contribution in [-0.2, 0) is 16.0 Å². The molecule has 128 valence electrons. The number of carbonyl (C=O) groups is 1. The third kappa shape index (κ3) is 5.06. The molecule has 5 heteroatoms. The fourth-order valence-electron chi connectivity index (χ4n) is 2.41. The van der Waals surface area contributed by atoms with Crippen LogP contribution in [0.5, 0.6) is 0 Å². The van der Waals surface area contributed by atoms with Gasteiger partial charge in [-0.15, -0.1) is 0 Å². The second kappa shape index (κ2) is 9.03. The molecule has 5 nitrogen and oxygen atoms in total. The number of carbonyl (C=O) groups excluding carboxylic acids is 1. The van der Waals surface area contributed by atoms with E-state index in [0.29, 0.717) is 13.0 Å². The van der Waals surface area contributed by atoms with Crippen molar-refractivity contribution >= 4 is 12.2 Å². The van der Waals surface area contributed by atoms with Crippen molar-refractivity contribution in [3.8, 4) is 0 Å². The van der Waals surface area contributed by atoms with E-state index in [9.17, 15) is 4.79 Å². The van der Waals surface area contributed by atoms with Gasteiger partial charge in [0.2, 0.25) is 0 Å². The van der Waals surface area contributed by atoms with Crippen LogP contribution in [-0.4, -0.2) is 36.4 Å². The van der Waals surface area contributed by atoms with E-state index in [4.69, 9.17) is 10.5 Å². The van der Waals surface area contributed by atoms with Gasteiger partial charge in [0.1, 0.15) is 6.04 Å². The minimum absolute atomic E-state index is 0.0873. The van der Waals surface area contributed by atoms with Crippen molar-refractivity contribution in [1.82, 2.24) is 4.57 Å². The van der Waals surface area contributed by atoms with Crippen LogP contribution in [0.1, 0.15) is 30.5 Å². The molecule has 0 aliphatic carbocycles. The Hall–Kier alpha value is -2.40. The summed E-state index contributed by atoms with van der Waals surface area (Å²) in [6, 6.07) is 11.5. The molecular formula is C19H25N3O2. The van der Waals surface area contributed by atoms with E-state index in [-0.39, 0.29) is 12.0 Å². The summed E-state index contributed by atoms with van der Waals surface area (Å²) in [7, 11) is 1.42. The highest BCUT2D eigenvalue weighted by Crippen LogP contribution is 2.17. The van der Waals surface area contributed by atoms with Gasteiger partial charge in [-0.25, -0.2) is 4.79 Å². The molecule has 0 bridgehead atoms. The Kier molecular flexibility index (Phi) is 6.75. The Balaban J connectivity index is 2.11. The number of nitrogens with zero attached hydrogens (tertiary/aromatic N) is 2. The van der Waals surface area contributed by atoms with Crippen LogP contribution in [0.25, 0.3) is 0 Å². The molecule has 2 atom stereocenters. The molecule has 1 heterocycles. The van der Waals surface area contributed by atoms with Gasteiger partial charge in [0, 0.05) is 36.6 Å². The van der Waals surface area contributed by atoms with Gasteiger partial charge < -0.3 is 15.0 Å². The Morgan fingerprint density at radius 3 is 2.75 bits per heavy atom. The number of aromatic nitrogens is 1. The highest BCUT2D eigenvalue weighted by Gasteiger charge is 2.21. The first-order chi connectivity index (χ1) is 11.6. The number of hydrogen-bond acceptors (Lipinski definition) is 4. The van der Waals surface area contributed by atoms with Crippen molar-refractivity contribution in [2.45, 2.75) is 31.8 Å². The Morgan fingerprint density at radius 2 is 2.08 bits per heavy atom. The molecule has 0 saturated carbocycles. The average molecular weight is 327 g/mol. The zero-order valence-electron chi connectivity index (χ0n) is 14.3. The first-order valence-corrected chi connectivity index (χ1v) is 8.18. The van der Waals surface area contributed by atoms with Gasteiger partial charge in [0.25, 0.3) is 0 Å². The van der Waals surface area contributed by atoms with Gasteiger partial charge in [-0.2, -0.15) is 0 Å². The van der Waals surface area contributed by atoms with Gasteiger partial charge >= 0.3 is 5.97 Å². The van der Waals surface area contributed by atoms with Crippen molar-refractivity contribution in [3.05, 3.63) is 59.9 Å². The SMILES string of the molecule is CCC(N)CN=Cc1ccn(C(Cc2ccccc2)C(=O)OC)c1. The molecule has 2 rings (SSSR count). The zero-order chi connectivity index (χ0) is 17.4. The molecule has 1 aromatic heterocycles. The van der Waals surface area contributed by atoms with Crippen LogP contribution in [0.3, 0.4) is 0 Å². The lowest BCUT2D eigenvalue weighted by Crippen LogP contribution is -2.22. The maximum Gasteiger partial charge on any atom is 0.329 e. The summed E-state index contributed by atoms with van der Waals surface area (Å²) in [5, 5.41) is 0. The largest absolute Gasteiger partial charge is 0.467 e. The minimum Gasteiger partial charge on any atom is -0.467 e. The fraction of sp³-hybridized carbons (Fsp3) is 0.368. The number of hydrogen-bond donors (Lipinski definition) is 1. The maximum atomic E-state index is 12.2. The predicted octanol–water partition coefficient (Wildman–Crippen LogP) is 2.60. The molecule has 0 aliphatic heterocycles. The summed E-state index contributed by atoms with van der Waals surface area (Å²) in [4.78, 5) is 16.5. The molecule has 0 saturated heterocycles. The molecule has 0 amide bonds. The van der Waals surface area contributed by atoms with Gasteiger partial charge in [-0.05, 0) is 18.1 Å². The van der Waals surface area contributed by atoms with Crippen LogP contribution in [0.4, 0.5) is 0 Å². The summed E-state index contributed by atoms with van der Waals surface area (Å²) >= 11 is 0.